The maximum Gasteiger partial charge on any atom is 0.260 e. The molecule has 124 valence electrons. The van der Waals surface area contributed by atoms with E-state index in [4.69, 9.17) is 9.47 Å². The number of likely N-dealkylation sites (tertiary alicyclic amines) is 1. The Bertz CT molecular complexity index is 692. The standard InChI is InChI=1S/C19H20N2O3/c22-18(13-23-15-5-2-1-3-6-15)21-12-14-8-9-17(21)19(14)24-16-7-4-10-20-11-16/h1-7,10-11,14,17,19H,8-9,12-13H2. The molecular formula is C19H20N2O3. The maximum atomic E-state index is 12.5. The van der Waals surface area contributed by atoms with Crippen molar-refractivity contribution in [2.24, 2.45) is 5.92 Å². The number of carbonyl (C=O) groups excluding carboxylic acids is 1. The van der Waals surface area contributed by atoms with Gasteiger partial charge in [0, 0.05) is 18.7 Å². The molecule has 3 unspecified atom stereocenters. The Morgan fingerprint density at radius 1 is 1.12 bits per heavy atom. The van der Waals surface area contributed by atoms with Gasteiger partial charge in [-0.2, -0.15) is 0 Å². The molecule has 1 aromatic heterocycles. The third kappa shape index (κ3) is 2.94. The summed E-state index contributed by atoms with van der Waals surface area (Å²) in [4.78, 5) is 18.6. The molecule has 1 aliphatic heterocycles. The van der Waals surface area contributed by atoms with Gasteiger partial charge in [0.25, 0.3) is 5.91 Å². The lowest BCUT2D eigenvalue weighted by Gasteiger charge is -2.27. The van der Waals surface area contributed by atoms with Crippen molar-refractivity contribution in [1.29, 1.82) is 0 Å². The van der Waals surface area contributed by atoms with Crippen molar-refractivity contribution in [1.82, 2.24) is 9.88 Å². The van der Waals surface area contributed by atoms with E-state index in [9.17, 15) is 4.79 Å². The Hall–Kier alpha value is -2.56. The van der Waals surface area contributed by atoms with E-state index >= 15 is 0 Å². The number of rotatable bonds is 5. The second kappa shape index (κ2) is 6.51. The summed E-state index contributed by atoms with van der Waals surface area (Å²) in [6.45, 7) is 0.833. The summed E-state index contributed by atoms with van der Waals surface area (Å²) >= 11 is 0. The molecule has 1 saturated heterocycles. The average molecular weight is 324 g/mol. The van der Waals surface area contributed by atoms with Gasteiger partial charge in [-0.25, -0.2) is 0 Å². The van der Waals surface area contributed by atoms with Crippen LogP contribution in [0.4, 0.5) is 0 Å². The first-order chi connectivity index (χ1) is 11.8. The van der Waals surface area contributed by atoms with Crippen LogP contribution in [0.15, 0.2) is 54.9 Å². The first-order valence-electron chi connectivity index (χ1n) is 8.35. The van der Waals surface area contributed by atoms with Gasteiger partial charge in [-0.15, -0.1) is 0 Å². The van der Waals surface area contributed by atoms with E-state index in [0.717, 1.165) is 30.9 Å². The van der Waals surface area contributed by atoms with Crippen LogP contribution in [-0.2, 0) is 4.79 Å². The Kier molecular flexibility index (Phi) is 4.07. The van der Waals surface area contributed by atoms with E-state index < -0.39 is 0 Å². The highest BCUT2D eigenvalue weighted by atomic mass is 16.5. The number of fused-ring (bicyclic) bond motifs is 2. The van der Waals surface area contributed by atoms with Gasteiger partial charge >= 0.3 is 0 Å². The fourth-order valence-electron chi connectivity index (χ4n) is 3.72. The van der Waals surface area contributed by atoms with Crippen LogP contribution in [0.2, 0.25) is 0 Å². The summed E-state index contributed by atoms with van der Waals surface area (Å²) in [6.07, 6.45) is 5.62. The number of piperidine rings is 1. The van der Waals surface area contributed by atoms with Gasteiger partial charge in [0.2, 0.25) is 0 Å². The molecule has 2 heterocycles. The van der Waals surface area contributed by atoms with Gasteiger partial charge in [-0.1, -0.05) is 18.2 Å². The van der Waals surface area contributed by atoms with Crippen molar-refractivity contribution in [2.75, 3.05) is 13.2 Å². The predicted molar refractivity (Wildman–Crippen MR) is 88.8 cm³/mol. The smallest absolute Gasteiger partial charge is 0.260 e. The number of amides is 1. The number of hydrogen-bond acceptors (Lipinski definition) is 4. The fraction of sp³-hybridized carbons (Fsp3) is 0.368. The highest BCUT2D eigenvalue weighted by Gasteiger charge is 2.50. The third-order valence-electron chi connectivity index (χ3n) is 4.84. The Labute approximate surface area is 141 Å². The van der Waals surface area contributed by atoms with Crippen LogP contribution >= 0.6 is 0 Å². The van der Waals surface area contributed by atoms with Crippen LogP contribution in [0.3, 0.4) is 0 Å². The molecule has 4 rings (SSSR count). The van der Waals surface area contributed by atoms with Crippen molar-refractivity contribution >= 4 is 5.91 Å². The molecule has 1 aromatic carbocycles. The zero-order valence-corrected chi connectivity index (χ0v) is 13.4. The number of aromatic nitrogens is 1. The molecule has 3 atom stereocenters. The molecule has 5 nitrogen and oxygen atoms in total. The lowest BCUT2D eigenvalue weighted by Crippen LogP contribution is -2.42. The van der Waals surface area contributed by atoms with Crippen LogP contribution < -0.4 is 9.47 Å². The van der Waals surface area contributed by atoms with E-state index in [2.05, 4.69) is 4.98 Å². The van der Waals surface area contributed by atoms with Gasteiger partial charge < -0.3 is 14.4 Å². The van der Waals surface area contributed by atoms with Crippen molar-refractivity contribution in [3.05, 3.63) is 54.9 Å². The second-order valence-corrected chi connectivity index (χ2v) is 6.32. The first-order valence-corrected chi connectivity index (χ1v) is 8.35. The van der Waals surface area contributed by atoms with Crippen molar-refractivity contribution in [3.8, 4) is 11.5 Å². The monoisotopic (exact) mass is 324 g/mol. The maximum absolute atomic E-state index is 12.5. The van der Waals surface area contributed by atoms with E-state index in [-0.39, 0.29) is 24.7 Å². The summed E-state index contributed by atoms with van der Waals surface area (Å²) < 4.78 is 11.7. The van der Waals surface area contributed by atoms with Crippen LogP contribution in [0, 0.1) is 5.92 Å². The molecule has 2 fully saturated rings. The topological polar surface area (TPSA) is 51.7 Å². The molecule has 1 amide bonds. The summed E-state index contributed by atoms with van der Waals surface area (Å²) in [7, 11) is 0. The van der Waals surface area contributed by atoms with Crippen molar-refractivity contribution < 1.29 is 14.3 Å². The molecular weight excluding hydrogens is 304 g/mol. The highest BCUT2D eigenvalue weighted by molar-refractivity contribution is 5.78. The highest BCUT2D eigenvalue weighted by Crippen LogP contribution is 2.40. The van der Waals surface area contributed by atoms with E-state index in [0.29, 0.717) is 5.92 Å². The number of carbonyl (C=O) groups is 1. The number of ether oxygens (including phenoxy) is 2. The van der Waals surface area contributed by atoms with Crippen LogP contribution in [-0.4, -0.2) is 41.1 Å². The molecule has 2 aliphatic rings. The van der Waals surface area contributed by atoms with Crippen LogP contribution in [0.1, 0.15) is 12.8 Å². The van der Waals surface area contributed by atoms with Crippen molar-refractivity contribution in [2.45, 2.75) is 25.0 Å². The van der Waals surface area contributed by atoms with Gasteiger partial charge in [0.05, 0.1) is 12.2 Å². The van der Waals surface area contributed by atoms with Gasteiger partial charge in [0.1, 0.15) is 17.6 Å². The molecule has 2 aromatic rings. The first kappa shape index (κ1) is 15.0. The summed E-state index contributed by atoms with van der Waals surface area (Å²) in [5.41, 5.74) is 0. The third-order valence-corrected chi connectivity index (χ3v) is 4.84. The Morgan fingerprint density at radius 2 is 1.96 bits per heavy atom. The summed E-state index contributed by atoms with van der Waals surface area (Å²) in [5.74, 6) is 1.93. The zero-order chi connectivity index (χ0) is 16.4. The minimum atomic E-state index is 0.0332. The molecule has 1 aliphatic carbocycles. The van der Waals surface area contributed by atoms with E-state index in [1.807, 2.05) is 47.4 Å². The zero-order valence-electron chi connectivity index (χ0n) is 13.4. The van der Waals surface area contributed by atoms with Crippen LogP contribution in [0.5, 0.6) is 11.5 Å². The molecule has 5 heteroatoms. The molecule has 24 heavy (non-hydrogen) atoms. The number of pyridine rings is 1. The second-order valence-electron chi connectivity index (χ2n) is 6.32. The Balaban J connectivity index is 1.38. The number of hydrogen-bond donors (Lipinski definition) is 0. The Morgan fingerprint density at radius 3 is 2.75 bits per heavy atom. The van der Waals surface area contributed by atoms with Gasteiger partial charge in [0.15, 0.2) is 6.61 Å². The SMILES string of the molecule is O=C(COc1ccccc1)N1CC2CCC1C2Oc1cccnc1. The van der Waals surface area contributed by atoms with Gasteiger partial charge in [-0.3, -0.25) is 9.78 Å². The normalized spacial score (nSPS) is 24.8. The number of para-hydroxylation sites is 1. The molecule has 0 spiro atoms. The summed E-state index contributed by atoms with van der Waals surface area (Å²) in [5, 5.41) is 0. The van der Waals surface area contributed by atoms with Crippen molar-refractivity contribution in [3.63, 3.8) is 0 Å². The quantitative estimate of drug-likeness (QED) is 0.848. The lowest BCUT2D eigenvalue weighted by atomic mass is 10.1. The lowest BCUT2D eigenvalue weighted by molar-refractivity contribution is -0.135. The number of nitrogens with zero attached hydrogens (tertiary/aromatic N) is 2. The predicted octanol–water partition coefficient (Wildman–Crippen LogP) is 2.53. The molecule has 1 saturated carbocycles. The minimum Gasteiger partial charge on any atom is -0.486 e. The van der Waals surface area contributed by atoms with Gasteiger partial charge in [-0.05, 0) is 37.1 Å². The summed E-state index contributed by atoms with van der Waals surface area (Å²) in [6, 6.07) is 13.4. The number of benzene rings is 1. The van der Waals surface area contributed by atoms with Crippen LogP contribution in [0.25, 0.3) is 0 Å². The largest absolute Gasteiger partial charge is 0.486 e. The average Bonchev–Trinajstić information content (AvgIpc) is 3.18. The van der Waals surface area contributed by atoms with E-state index in [1.165, 1.54) is 0 Å². The molecule has 0 radical (unpaired) electrons. The molecule has 2 bridgehead atoms. The molecule has 0 N–H and O–H groups in total. The minimum absolute atomic E-state index is 0.0332. The van der Waals surface area contributed by atoms with E-state index in [1.54, 1.807) is 12.4 Å². The fourth-order valence-corrected chi connectivity index (χ4v) is 3.72.